The van der Waals surface area contributed by atoms with Gasteiger partial charge in [0.25, 0.3) is 0 Å². The zero-order valence-electron chi connectivity index (χ0n) is 15.3. The molecule has 144 valence electrons. The summed E-state index contributed by atoms with van der Waals surface area (Å²) < 4.78 is 27.2. The molecule has 8 heteroatoms. The molecule has 1 heterocycles. The predicted molar refractivity (Wildman–Crippen MR) is 100 cm³/mol. The van der Waals surface area contributed by atoms with Gasteiger partial charge in [-0.05, 0) is 31.9 Å². The van der Waals surface area contributed by atoms with Crippen molar-refractivity contribution in [1.82, 2.24) is 19.8 Å². The lowest BCUT2D eigenvalue weighted by atomic mass is 10.2. The number of piperazine rings is 1. The van der Waals surface area contributed by atoms with E-state index in [1.807, 2.05) is 6.92 Å². The predicted octanol–water partition coefficient (Wildman–Crippen LogP) is 0.170. The second-order valence-electron chi connectivity index (χ2n) is 7.17. The van der Waals surface area contributed by atoms with Gasteiger partial charge >= 0.3 is 0 Å². The van der Waals surface area contributed by atoms with E-state index in [0.29, 0.717) is 30.6 Å². The molecular weight excluding hydrogens is 352 g/mol. The van der Waals surface area contributed by atoms with Gasteiger partial charge in [0.15, 0.2) is 0 Å². The maximum Gasteiger partial charge on any atom is 0.240 e. The highest BCUT2D eigenvalue weighted by Gasteiger charge is 2.25. The number of sulfonamides is 1. The van der Waals surface area contributed by atoms with Crippen molar-refractivity contribution < 1.29 is 13.2 Å². The Morgan fingerprint density at radius 2 is 1.69 bits per heavy atom. The smallest absolute Gasteiger partial charge is 0.240 e. The van der Waals surface area contributed by atoms with E-state index in [2.05, 4.69) is 19.8 Å². The molecule has 26 heavy (non-hydrogen) atoms. The first-order chi connectivity index (χ1) is 12.4. The molecule has 0 aromatic heterocycles. The number of hydrogen-bond acceptors (Lipinski definition) is 5. The van der Waals surface area contributed by atoms with Crippen LogP contribution >= 0.6 is 0 Å². The molecule has 1 aliphatic carbocycles. The Morgan fingerprint density at radius 1 is 1.08 bits per heavy atom. The summed E-state index contributed by atoms with van der Waals surface area (Å²) in [6.07, 6.45) is 2.22. The van der Waals surface area contributed by atoms with Gasteiger partial charge in [-0.15, -0.1) is 0 Å². The molecule has 0 bridgehead atoms. The van der Waals surface area contributed by atoms with Gasteiger partial charge in [0.1, 0.15) is 0 Å². The molecule has 1 aromatic carbocycles. The number of hydrogen-bond donors (Lipinski definition) is 2. The van der Waals surface area contributed by atoms with E-state index in [9.17, 15) is 13.2 Å². The van der Waals surface area contributed by atoms with E-state index in [-0.39, 0.29) is 5.91 Å². The minimum Gasteiger partial charge on any atom is -0.352 e. The van der Waals surface area contributed by atoms with E-state index in [4.69, 9.17) is 0 Å². The highest BCUT2D eigenvalue weighted by Crippen LogP contribution is 2.18. The lowest BCUT2D eigenvalue weighted by Crippen LogP contribution is -2.50. The van der Waals surface area contributed by atoms with Crippen LogP contribution in [0.1, 0.15) is 18.4 Å². The zero-order valence-corrected chi connectivity index (χ0v) is 16.1. The molecule has 2 aliphatic rings. The maximum atomic E-state index is 12.3. The van der Waals surface area contributed by atoms with Crippen molar-refractivity contribution >= 4 is 15.9 Å². The molecule has 0 radical (unpaired) electrons. The van der Waals surface area contributed by atoms with E-state index in [0.717, 1.165) is 44.6 Å². The monoisotopic (exact) mass is 380 g/mol. The van der Waals surface area contributed by atoms with Crippen molar-refractivity contribution in [2.24, 2.45) is 0 Å². The summed E-state index contributed by atoms with van der Waals surface area (Å²) in [5.41, 5.74) is 1.03. The van der Waals surface area contributed by atoms with Gasteiger partial charge in [-0.1, -0.05) is 17.7 Å². The van der Waals surface area contributed by atoms with Crippen LogP contribution in [-0.4, -0.2) is 76.0 Å². The van der Waals surface area contributed by atoms with Crippen LogP contribution in [0.5, 0.6) is 0 Å². The third kappa shape index (κ3) is 5.77. The lowest BCUT2D eigenvalue weighted by Gasteiger charge is -2.34. The Labute approximate surface area is 155 Å². The van der Waals surface area contributed by atoms with Crippen LogP contribution in [0.15, 0.2) is 29.2 Å². The summed E-state index contributed by atoms with van der Waals surface area (Å²) in [7, 11) is -3.45. The quantitative estimate of drug-likeness (QED) is 0.672. The zero-order chi connectivity index (χ0) is 18.6. The van der Waals surface area contributed by atoms with Crippen molar-refractivity contribution in [2.45, 2.75) is 30.7 Å². The summed E-state index contributed by atoms with van der Waals surface area (Å²) in [6.45, 7) is 6.83. The molecule has 3 rings (SSSR count). The standard InChI is InChI=1S/C18H28N4O3S/c1-15-2-6-17(7-3-15)26(24,25)19-8-9-21-10-12-22(13-11-21)14-18(23)20-16-4-5-16/h2-3,6-7,16,19H,4-5,8-14H2,1H3,(H,20,23). The number of carbonyl (C=O) groups is 1. The average Bonchev–Trinajstić information content (AvgIpc) is 3.40. The number of aryl methyl sites for hydroxylation is 1. The van der Waals surface area contributed by atoms with Gasteiger partial charge < -0.3 is 5.32 Å². The van der Waals surface area contributed by atoms with Crippen LogP contribution < -0.4 is 10.0 Å². The van der Waals surface area contributed by atoms with Gasteiger partial charge in [-0.2, -0.15) is 0 Å². The van der Waals surface area contributed by atoms with E-state index in [1.165, 1.54) is 0 Å². The Bertz CT molecular complexity index is 708. The minimum atomic E-state index is -3.45. The first kappa shape index (κ1) is 19.3. The summed E-state index contributed by atoms with van der Waals surface area (Å²) in [6, 6.07) is 7.26. The summed E-state index contributed by atoms with van der Waals surface area (Å²) in [5.74, 6) is 0.117. The van der Waals surface area contributed by atoms with Crippen molar-refractivity contribution in [2.75, 3.05) is 45.8 Å². The fourth-order valence-electron chi connectivity index (χ4n) is 3.01. The Kier molecular flexibility index (Phi) is 6.29. The Balaban J connectivity index is 1.35. The molecule has 0 unspecified atom stereocenters. The van der Waals surface area contributed by atoms with Gasteiger partial charge in [0, 0.05) is 45.3 Å². The van der Waals surface area contributed by atoms with E-state index in [1.54, 1.807) is 24.3 Å². The second kappa shape index (κ2) is 8.47. The number of rotatable bonds is 8. The Hall–Kier alpha value is -1.48. The lowest BCUT2D eigenvalue weighted by molar-refractivity contribution is -0.122. The number of amides is 1. The molecule has 1 amide bonds. The Morgan fingerprint density at radius 3 is 2.31 bits per heavy atom. The van der Waals surface area contributed by atoms with E-state index < -0.39 is 10.0 Å². The third-order valence-electron chi connectivity index (χ3n) is 4.83. The summed E-state index contributed by atoms with van der Waals surface area (Å²) >= 11 is 0. The topological polar surface area (TPSA) is 81.8 Å². The fourth-order valence-corrected chi connectivity index (χ4v) is 4.04. The van der Waals surface area contributed by atoms with Gasteiger partial charge in [0.2, 0.25) is 15.9 Å². The van der Waals surface area contributed by atoms with Crippen molar-refractivity contribution in [1.29, 1.82) is 0 Å². The minimum absolute atomic E-state index is 0.117. The van der Waals surface area contributed by atoms with Crippen molar-refractivity contribution in [3.63, 3.8) is 0 Å². The van der Waals surface area contributed by atoms with Crippen molar-refractivity contribution in [3.05, 3.63) is 29.8 Å². The second-order valence-corrected chi connectivity index (χ2v) is 8.94. The third-order valence-corrected chi connectivity index (χ3v) is 6.30. The molecule has 7 nitrogen and oxygen atoms in total. The average molecular weight is 381 g/mol. The van der Waals surface area contributed by atoms with Gasteiger partial charge in [0.05, 0.1) is 11.4 Å². The van der Waals surface area contributed by atoms with Crippen LogP contribution in [0.2, 0.25) is 0 Å². The maximum absolute atomic E-state index is 12.3. The van der Waals surface area contributed by atoms with Gasteiger partial charge in [-0.25, -0.2) is 13.1 Å². The molecule has 1 saturated carbocycles. The SMILES string of the molecule is Cc1ccc(S(=O)(=O)NCCN2CCN(CC(=O)NC3CC3)CC2)cc1. The van der Waals surface area contributed by atoms with Gasteiger partial charge in [-0.3, -0.25) is 14.6 Å². The summed E-state index contributed by atoms with van der Waals surface area (Å²) in [4.78, 5) is 16.5. The molecule has 1 aliphatic heterocycles. The molecule has 1 aromatic rings. The highest BCUT2D eigenvalue weighted by molar-refractivity contribution is 7.89. The van der Waals surface area contributed by atoms with E-state index >= 15 is 0 Å². The van der Waals surface area contributed by atoms with Crippen molar-refractivity contribution in [3.8, 4) is 0 Å². The highest BCUT2D eigenvalue weighted by atomic mass is 32.2. The fraction of sp³-hybridized carbons (Fsp3) is 0.611. The molecule has 2 N–H and O–H groups in total. The summed E-state index contributed by atoms with van der Waals surface area (Å²) in [5, 5.41) is 3.01. The number of carbonyl (C=O) groups excluding carboxylic acids is 1. The van der Waals surface area contributed by atoms with Crippen LogP contribution in [0.25, 0.3) is 0 Å². The van der Waals surface area contributed by atoms with Crippen LogP contribution in [0, 0.1) is 6.92 Å². The number of nitrogens with zero attached hydrogens (tertiary/aromatic N) is 2. The molecule has 0 spiro atoms. The first-order valence-corrected chi connectivity index (χ1v) is 10.7. The van der Waals surface area contributed by atoms with Crippen LogP contribution in [0.3, 0.4) is 0 Å². The molecular formula is C18H28N4O3S. The number of nitrogens with one attached hydrogen (secondary N) is 2. The largest absolute Gasteiger partial charge is 0.352 e. The van der Waals surface area contributed by atoms with Crippen LogP contribution in [-0.2, 0) is 14.8 Å². The van der Waals surface area contributed by atoms with Crippen LogP contribution in [0.4, 0.5) is 0 Å². The number of benzene rings is 1. The first-order valence-electron chi connectivity index (χ1n) is 9.23. The molecule has 0 atom stereocenters. The molecule has 2 fully saturated rings. The molecule has 1 saturated heterocycles. The normalized spacial score (nSPS) is 19.4.